The van der Waals surface area contributed by atoms with E-state index in [4.69, 9.17) is 0 Å². The summed E-state index contributed by atoms with van der Waals surface area (Å²) in [6.07, 6.45) is 4.82. The number of aryl methyl sites for hydroxylation is 3. The molecule has 1 aliphatic rings. The van der Waals surface area contributed by atoms with Gasteiger partial charge < -0.3 is 9.88 Å². The Hall–Kier alpha value is -2.50. The van der Waals surface area contributed by atoms with Crippen molar-refractivity contribution in [3.63, 3.8) is 0 Å². The van der Waals surface area contributed by atoms with E-state index >= 15 is 0 Å². The van der Waals surface area contributed by atoms with E-state index < -0.39 is 0 Å². The first-order valence-electron chi connectivity index (χ1n) is 9.32. The Morgan fingerprint density at radius 2 is 1.96 bits per heavy atom. The van der Waals surface area contributed by atoms with E-state index in [0.717, 1.165) is 48.6 Å². The van der Waals surface area contributed by atoms with Gasteiger partial charge in [-0.2, -0.15) is 0 Å². The number of ketones is 1. The van der Waals surface area contributed by atoms with Crippen LogP contribution in [0.3, 0.4) is 0 Å². The summed E-state index contributed by atoms with van der Waals surface area (Å²) in [6, 6.07) is 5.82. The van der Waals surface area contributed by atoms with Crippen LogP contribution >= 0.6 is 0 Å². The quantitative estimate of drug-likeness (QED) is 0.809. The second-order valence-electron chi connectivity index (χ2n) is 7.01. The molecule has 1 amide bonds. The van der Waals surface area contributed by atoms with E-state index in [-0.39, 0.29) is 24.5 Å². The predicted molar refractivity (Wildman–Crippen MR) is 98.9 cm³/mol. The first kappa shape index (κ1) is 18.3. The Labute approximate surface area is 154 Å². The van der Waals surface area contributed by atoms with Crippen LogP contribution in [0.25, 0.3) is 0 Å². The van der Waals surface area contributed by atoms with Crippen molar-refractivity contribution in [2.24, 2.45) is 0 Å². The molecule has 1 aromatic carbocycles. The second kappa shape index (κ2) is 8.25. The molecule has 0 fully saturated rings. The lowest BCUT2D eigenvalue weighted by Crippen LogP contribution is -2.25. The van der Waals surface area contributed by atoms with Gasteiger partial charge in [0.05, 0.1) is 6.54 Å². The Kier molecular flexibility index (Phi) is 5.81. The molecule has 138 valence electrons. The Morgan fingerprint density at radius 3 is 2.81 bits per heavy atom. The van der Waals surface area contributed by atoms with Crippen molar-refractivity contribution in [2.75, 3.05) is 0 Å². The largest absolute Gasteiger partial charge is 0.349 e. The average molecular weight is 354 g/mol. The first-order chi connectivity index (χ1) is 12.5. The number of hydrogen-bond acceptors (Lipinski definition) is 4. The maximum Gasteiger partial charge on any atom is 0.220 e. The highest BCUT2D eigenvalue weighted by Crippen LogP contribution is 2.15. The van der Waals surface area contributed by atoms with E-state index in [1.165, 1.54) is 6.42 Å². The molecule has 0 unspecified atom stereocenters. The molecule has 2 heterocycles. The van der Waals surface area contributed by atoms with Gasteiger partial charge in [0.2, 0.25) is 5.91 Å². The minimum Gasteiger partial charge on any atom is -0.349 e. The minimum absolute atomic E-state index is 0.0118. The van der Waals surface area contributed by atoms with Crippen molar-refractivity contribution in [3.8, 4) is 0 Å². The monoisotopic (exact) mass is 354 g/mol. The molecule has 6 nitrogen and oxygen atoms in total. The summed E-state index contributed by atoms with van der Waals surface area (Å²) < 4.78 is 2.12. The third-order valence-electron chi connectivity index (χ3n) is 4.90. The van der Waals surface area contributed by atoms with Crippen LogP contribution in [0.2, 0.25) is 0 Å². The molecule has 0 saturated heterocycles. The molecule has 6 heteroatoms. The van der Waals surface area contributed by atoms with Crippen molar-refractivity contribution >= 4 is 11.7 Å². The summed E-state index contributed by atoms with van der Waals surface area (Å²) in [5.41, 5.74) is 2.71. The zero-order valence-corrected chi connectivity index (χ0v) is 15.5. The van der Waals surface area contributed by atoms with E-state index in [9.17, 15) is 9.59 Å². The molecule has 1 aromatic heterocycles. The molecule has 3 rings (SSSR count). The lowest BCUT2D eigenvalue weighted by molar-refractivity contribution is -0.121. The molecule has 0 aliphatic carbocycles. The zero-order valence-electron chi connectivity index (χ0n) is 15.5. The van der Waals surface area contributed by atoms with Gasteiger partial charge in [0.15, 0.2) is 11.6 Å². The molecule has 2 aromatic rings. The van der Waals surface area contributed by atoms with Gasteiger partial charge in [-0.05, 0) is 38.3 Å². The molecule has 1 aliphatic heterocycles. The molecule has 0 spiro atoms. The highest BCUT2D eigenvalue weighted by molar-refractivity contribution is 5.99. The zero-order chi connectivity index (χ0) is 18.5. The summed E-state index contributed by atoms with van der Waals surface area (Å²) in [5.74, 6) is 1.69. The highest BCUT2D eigenvalue weighted by Gasteiger charge is 2.16. The number of fused-ring (bicyclic) bond motifs is 1. The number of Topliss-reactive ketones (excluding diaryl/α,β-unsaturated/α-hetero) is 1. The standard InChI is InChI=1S/C20H26N4O2/c1-14-7-8-15(2)16(12-14)17(25)9-10-20(26)21-13-19-23-22-18-6-4-3-5-11-24(18)19/h7-8,12H,3-6,9-11,13H2,1-2H3,(H,21,26). The number of amides is 1. The van der Waals surface area contributed by atoms with E-state index in [1.54, 1.807) is 0 Å². The van der Waals surface area contributed by atoms with E-state index in [2.05, 4.69) is 20.1 Å². The third-order valence-corrected chi connectivity index (χ3v) is 4.90. The van der Waals surface area contributed by atoms with E-state index in [1.807, 2.05) is 32.0 Å². The van der Waals surface area contributed by atoms with Gasteiger partial charge in [0.1, 0.15) is 5.82 Å². The summed E-state index contributed by atoms with van der Waals surface area (Å²) in [5, 5.41) is 11.3. The van der Waals surface area contributed by atoms with Crippen LogP contribution in [-0.2, 0) is 24.3 Å². The van der Waals surface area contributed by atoms with Crippen LogP contribution in [0.5, 0.6) is 0 Å². The van der Waals surface area contributed by atoms with Gasteiger partial charge >= 0.3 is 0 Å². The van der Waals surface area contributed by atoms with Crippen LogP contribution in [0, 0.1) is 13.8 Å². The molecule has 0 atom stereocenters. The van der Waals surface area contributed by atoms with Gasteiger partial charge in [-0.15, -0.1) is 10.2 Å². The highest BCUT2D eigenvalue weighted by atomic mass is 16.2. The first-order valence-corrected chi connectivity index (χ1v) is 9.32. The molecular weight excluding hydrogens is 328 g/mol. The van der Waals surface area contributed by atoms with Crippen LogP contribution in [0.1, 0.15) is 65.2 Å². The Bertz CT molecular complexity index is 810. The Balaban J connectivity index is 1.51. The van der Waals surface area contributed by atoms with Gasteiger partial charge in [-0.25, -0.2) is 0 Å². The number of rotatable bonds is 6. The number of benzene rings is 1. The minimum atomic E-state index is -0.130. The third kappa shape index (κ3) is 4.36. The fraction of sp³-hybridized carbons (Fsp3) is 0.500. The number of hydrogen-bond donors (Lipinski definition) is 1. The van der Waals surface area contributed by atoms with Crippen LogP contribution in [0.4, 0.5) is 0 Å². The smallest absolute Gasteiger partial charge is 0.220 e. The van der Waals surface area contributed by atoms with Crippen molar-refractivity contribution in [2.45, 2.75) is 65.5 Å². The number of nitrogens with one attached hydrogen (secondary N) is 1. The van der Waals surface area contributed by atoms with Crippen molar-refractivity contribution in [1.82, 2.24) is 20.1 Å². The lowest BCUT2D eigenvalue weighted by atomic mass is 9.99. The summed E-state index contributed by atoms with van der Waals surface area (Å²) in [7, 11) is 0. The van der Waals surface area contributed by atoms with E-state index in [0.29, 0.717) is 12.1 Å². The number of carbonyl (C=O) groups is 2. The molecule has 1 N–H and O–H groups in total. The predicted octanol–water partition coefficient (Wildman–Crippen LogP) is 2.90. The molecule has 26 heavy (non-hydrogen) atoms. The normalized spacial score (nSPS) is 13.8. The van der Waals surface area contributed by atoms with Crippen LogP contribution in [0.15, 0.2) is 18.2 Å². The van der Waals surface area contributed by atoms with Gasteiger partial charge in [0, 0.05) is 31.4 Å². The Morgan fingerprint density at radius 1 is 1.12 bits per heavy atom. The second-order valence-corrected chi connectivity index (χ2v) is 7.01. The average Bonchev–Trinajstić information content (AvgIpc) is 2.86. The van der Waals surface area contributed by atoms with Crippen LogP contribution < -0.4 is 5.32 Å². The van der Waals surface area contributed by atoms with Crippen LogP contribution in [-0.4, -0.2) is 26.5 Å². The van der Waals surface area contributed by atoms with Crippen molar-refractivity contribution < 1.29 is 9.59 Å². The topological polar surface area (TPSA) is 76.9 Å². The van der Waals surface area contributed by atoms with Crippen molar-refractivity contribution in [3.05, 3.63) is 46.5 Å². The summed E-state index contributed by atoms with van der Waals surface area (Å²) in [6.45, 7) is 5.16. The fourth-order valence-corrected chi connectivity index (χ4v) is 3.34. The van der Waals surface area contributed by atoms with Gasteiger partial charge in [-0.3, -0.25) is 9.59 Å². The molecular formula is C20H26N4O2. The lowest BCUT2D eigenvalue weighted by Gasteiger charge is -2.09. The summed E-state index contributed by atoms with van der Waals surface area (Å²) >= 11 is 0. The molecule has 0 bridgehead atoms. The maximum atomic E-state index is 12.4. The van der Waals surface area contributed by atoms with Gasteiger partial charge in [0.25, 0.3) is 0 Å². The number of aromatic nitrogens is 3. The number of nitrogens with zero attached hydrogens (tertiary/aromatic N) is 3. The number of carbonyl (C=O) groups excluding carboxylic acids is 2. The fourth-order valence-electron chi connectivity index (χ4n) is 3.34. The molecule has 0 saturated carbocycles. The van der Waals surface area contributed by atoms with Crippen molar-refractivity contribution in [1.29, 1.82) is 0 Å². The summed E-state index contributed by atoms with van der Waals surface area (Å²) in [4.78, 5) is 24.5. The SMILES string of the molecule is Cc1ccc(C)c(C(=O)CCC(=O)NCc2nnc3n2CCCCC3)c1. The maximum absolute atomic E-state index is 12.4. The van der Waals surface area contributed by atoms with Gasteiger partial charge in [-0.1, -0.05) is 24.1 Å². The molecule has 0 radical (unpaired) electrons.